The lowest BCUT2D eigenvalue weighted by atomic mass is 10.00. The molecule has 0 unspecified atom stereocenters. The molecule has 3 nitrogen and oxygen atoms in total. The van der Waals surface area contributed by atoms with E-state index in [0.29, 0.717) is 17.9 Å². The molecule has 2 rings (SSSR count). The summed E-state index contributed by atoms with van der Waals surface area (Å²) in [5.41, 5.74) is 0.781. The van der Waals surface area contributed by atoms with Crippen LogP contribution in [0.25, 0.3) is 0 Å². The minimum atomic E-state index is -2.85. The predicted octanol–water partition coefficient (Wildman–Crippen LogP) is 3.72. The van der Waals surface area contributed by atoms with Crippen molar-refractivity contribution in [3.63, 3.8) is 0 Å². The molecule has 1 aliphatic carbocycles. The quantitative estimate of drug-likeness (QED) is 0.864. The number of halogens is 2. The molecule has 0 bridgehead atoms. The van der Waals surface area contributed by atoms with Crippen molar-refractivity contribution in [3.8, 4) is 11.5 Å². The summed E-state index contributed by atoms with van der Waals surface area (Å²) in [5, 5.41) is 3.46. The van der Waals surface area contributed by atoms with Crippen molar-refractivity contribution in [2.24, 2.45) is 0 Å². The molecular formula is C15H21F2NO2. The fourth-order valence-corrected chi connectivity index (χ4v) is 2.72. The van der Waals surface area contributed by atoms with Gasteiger partial charge in [-0.2, -0.15) is 8.78 Å². The van der Waals surface area contributed by atoms with Gasteiger partial charge in [-0.25, -0.2) is 0 Å². The molecule has 1 N–H and O–H groups in total. The topological polar surface area (TPSA) is 30.5 Å². The molecule has 1 aliphatic rings. The van der Waals surface area contributed by atoms with Crippen molar-refractivity contribution in [2.75, 3.05) is 7.11 Å². The number of hydrogen-bond acceptors (Lipinski definition) is 3. The molecule has 0 saturated heterocycles. The zero-order valence-corrected chi connectivity index (χ0v) is 11.9. The lowest BCUT2D eigenvalue weighted by molar-refractivity contribution is -0.0519. The molecular weight excluding hydrogens is 264 g/mol. The van der Waals surface area contributed by atoms with Crippen LogP contribution in [0.4, 0.5) is 8.78 Å². The molecule has 1 aromatic carbocycles. The van der Waals surface area contributed by atoms with Crippen molar-refractivity contribution < 1.29 is 18.3 Å². The van der Waals surface area contributed by atoms with Gasteiger partial charge in [0.25, 0.3) is 0 Å². The molecule has 0 spiro atoms. The van der Waals surface area contributed by atoms with Gasteiger partial charge in [-0.1, -0.05) is 25.0 Å². The van der Waals surface area contributed by atoms with Crippen LogP contribution in [0.3, 0.4) is 0 Å². The van der Waals surface area contributed by atoms with Gasteiger partial charge in [0, 0.05) is 17.6 Å². The molecule has 0 aromatic heterocycles. The molecule has 1 aromatic rings. The highest BCUT2D eigenvalue weighted by molar-refractivity contribution is 5.46. The van der Waals surface area contributed by atoms with E-state index in [1.807, 2.05) is 0 Å². The molecule has 5 heteroatoms. The Morgan fingerprint density at radius 1 is 1.30 bits per heavy atom. The van der Waals surface area contributed by atoms with Crippen molar-refractivity contribution in [1.29, 1.82) is 0 Å². The first-order chi connectivity index (χ1) is 9.54. The average Bonchev–Trinajstić information content (AvgIpc) is 2.84. The Morgan fingerprint density at radius 2 is 2.00 bits per heavy atom. The normalized spacial score (nSPS) is 17.4. The molecule has 0 amide bonds. The number of ether oxygens (including phenoxy) is 2. The van der Waals surface area contributed by atoms with Gasteiger partial charge in [0.15, 0.2) is 11.5 Å². The van der Waals surface area contributed by atoms with Crippen molar-refractivity contribution in [1.82, 2.24) is 5.32 Å². The molecule has 0 radical (unpaired) electrons. The molecule has 1 fully saturated rings. The first-order valence-electron chi connectivity index (χ1n) is 6.90. The van der Waals surface area contributed by atoms with Gasteiger partial charge in [0.2, 0.25) is 0 Å². The molecule has 1 saturated carbocycles. The lowest BCUT2D eigenvalue weighted by Gasteiger charge is -2.26. The van der Waals surface area contributed by atoms with E-state index >= 15 is 0 Å². The lowest BCUT2D eigenvalue weighted by Crippen LogP contribution is -2.38. The fraction of sp³-hybridized carbons (Fsp3) is 0.600. The van der Waals surface area contributed by atoms with Crippen molar-refractivity contribution in [3.05, 3.63) is 23.8 Å². The van der Waals surface area contributed by atoms with Gasteiger partial charge in [-0.15, -0.1) is 0 Å². The van der Waals surface area contributed by atoms with Crippen molar-refractivity contribution >= 4 is 0 Å². The summed E-state index contributed by atoms with van der Waals surface area (Å²) in [7, 11) is 1.45. The third-order valence-corrected chi connectivity index (χ3v) is 3.90. The van der Waals surface area contributed by atoms with Gasteiger partial charge >= 0.3 is 6.61 Å². The average molecular weight is 285 g/mol. The summed E-state index contributed by atoms with van der Waals surface area (Å²) in [4.78, 5) is 0. The Bertz CT molecular complexity index is 445. The summed E-state index contributed by atoms with van der Waals surface area (Å²) in [5.74, 6) is 0.459. The highest BCUT2D eigenvalue weighted by Gasteiger charge is 2.28. The Hall–Kier alpha value is -1.36. The van der Waals surface area contributed by atoms with Crippen LogP contribution in [-0.4, -0.2) is 19.3 Å². The third kappa shape index (κ3) is 3.60. The van der Waals surface area contributed by atoms with Crippen LogP contribution in [0.5, 0.6) is 11.5 Å². The summed E-state index contributed by atoms with van der Waals surface area (Å²) >= 11 is 0. The fourth-order valence-electron chi connectivity index (χ4n) is 2.72. The number of methoxy groups -OCH3 is 1. The van der Waals surface area contributed by atoms with Gasteiger partial charge in [0.05, 0.1) is 7.11 Å². The maximum absolute atomic E-state index is 12.5. The standard InChI is InChI=1S/C15H21F2NO2/c1-15(8-3-4-9-15)18-10-11-6-5-7-12(19-2)13(11)20-14(16)17/h5-7,14,18H,3-4,8-10H2,1-2H3. The number of alkyl halides is 2. The van der Waals surface area contributed by atoms with Crippen LogP contribution in [0.1, 0.15) is 38.2 Å². The van der Waals surface area contributed by atoms with Gasteiger partial charge in [0.1, 0.15) is 0 Å². The third-order valence-electron chi connectivity index (χ3n) is 3.90. The van der Waals surface area contributed by atoms with Gasteiger partial charge < -0.3 is 14.8 Å². The Morgan fingerprint density at radius 3 is 2.60 bits per heavy atom. The van der Waals surface area contributed by atoms with Gasteiger partial charge in [-0.05, 0) is 25.8 Å². The number of rotatable bonds is 6. The molecule has 112 valence electrons. The maximum Gasteiger partial charge on any atom is 0.387 e. The van der Waals surface area contributed by atoms with Crippen LogP contribution in [-0.2, 0) is 6.54 Å². The van der Waals surface area contributed by atoms with E-state index in [2.05, 4.69) is 17.0 Å². The van der Waals surface area contributed by atoms with Gasteiger partial charge in [-0.3, -0.25) is 0 Å². The van der Waals surface area contributed by atoms with Crippen molar-refractivity contribution in [2.45, 2.75) is 51.3 Å². The number of benzene rings is 1. The summed E-state index contributed by atoms with van der Waals surface area (Å²) in [6.07, 6.45) is 4.65. The largest absolute Gasteiger partial charge is 0.493 e. The van der Waals surface area contributed by atoms with E-state index in [0.717, 1.165) is 12.8 Å². The number of nitrogens with one attached hydrogen (secondary N) is 1. The summed E-state index contributed by atoms with van der Waals surface area (Å²) in [6.45, 7) is -0.184. The Labute approximate surface area is 118 Å². The predicted molar refractivity (Wildman–Crippen MR) is 73.3 cm³/mol. The second-order valence-electron chi connectivity index (χ2n) is 5.45. The van der Waals surface area contributed by atoms with E-state index in [1.54, 1.807) is 18.2 Å². The van der Waals surface area contributed by atoms with Crippen LogP contribution in [0.2, 0.25) is 0 Å². The minimum Gasteiger partial charge on any atom is -0.493 e. The van der Waals surface area contributed by atoms with Crippen LogP contribution in [0, 0.1) is 0 Å². The Kier molecular flexibility index (Phi) is 4.81. The zero-order valence-electron chi connectivity index (χ0n) is 11.9. The first-order valence-corrected chi connectivity index (χ1v) is 6.90. The highest BCUT2D eigenvalue weighted by atomic mass is 19.3. The van der Waals surface area contributed by atoms with Crippen LogP contribution >= 0.6 is 0 Å². The number of hydrogen-bond donors (Lipinski definition) is 1. The maximum atomic E-state index is 12.5. The van der Waals surface area contributed by atoms with E-state index in [-0.39, 0.29) is 11.3 Å². The summed E-state index contributed by atoms with van der Waals surface area (Å²) in [6, 6.07) is 5.19. The second-order valence-corrected chi connectivity index (χ2v) is 5.45. The van der Waals surface area contributed by atoms with E-state index < -0.39 is 6.61 Å². The zero-order chi connectivity index (χ0) is 14.6. The number of para-hydroxylation sites is 1. The molecule has 0 atom stereocenters. The molecule has 0 heterocycles. The Balaban J connectivity index is 2.13. The monoisotopic (exact) mass is 285 g/mol. The van der Waals surface area contributed by atoms with Crippen LogP contribution < -0.4 is 14.8 Å². The molecule has 0 aliphatic heterocycles. The molecule has 20 heavy (non-hydrogen) atoms. The highest BCUT2D eigenvalue weighted by Crippen LogP contribution is 2.34. The van der Waals surface area contributed by atoms with E-state index in [9.17, 15) is 8.78 Å². The van der Waals surface area contributed by atoms with E-state index in [1.165, 1.54) is 20.0 Å². The summed E-state index contributed by atoms with van der Waals surface area (Å²) < 4.78 is 34.8. The smallest absolute Gasteiger partial charge is 0.387 e. The first kappa shape index (κ1) is 15.0. The SMILES string of the molecule is COc1cccc(CNC2(C)CCCC2)c1OC(F)F. The van der Waals surface area contributed by atoms with E-state index in [4.69, 9.17) is 4.74 Å². The minimum absolute atomic E-state index is 0.0885. The van der Waals surface area contributed by atoms with Crippen LogP contribution in [0.15, 0.2) is 18.2 Å². The second kappa shape index (κ2) is 6.39.